The van der Waals surface area contributed by atoms with E-state index in [1.54, 1.807) is 46.5 Å². The van der Waals surface area contributed by atoms with E-state index in [2.05, 4.69) is 27.8 Å². The third-order valence-electron chi connectivity index (χ3n) is 7.11. The summed E-state index contributed by atoms with van der Waals surface area (Å²) >= 11 is 7.88. The number of hydrogen-bond acceptors (Lipinski definition) is 6. The van der Waals surface area contributed by atoms with E-state index in [-0.39, 0.29) is 18.5 Å². The van der Waals surface area contributed by atoms with Crippen LogP contribution in [0, 0.1) is 0 Å². The monoisotopic (exact) mass is 572 g/mol. The van der Waals surface area contributed by atoms with Gasteiger partial charge in [-0.25, -0.2) is 9.48 Å². The van der Waals surface area contributed by atoms with Crippen molar-refractivity contribution in [3.63, 3.8) is 0 Å². The topological polar surface area (TPSA) is 106 Å². The molecule has 8 nitrogen and oxygen atoms in total. The third kappa shape index (κ3) is 5.30. The summed E-state index contributed by atoms with van der Waals surface area (Å²) in [6.07, 6.45) is 1.85. The maximum absolute atomic E-state index is 13.1. The summed E-state index contributed by atoms with van der Waals surface area (Å²) in [5.41, 5.74) is 5.58. The molecule has 0 spiro atoms. The van der Waals surface area contributed by atoms with Crippen LogP contribution in [-0.4, -0.2) is 32.0 Å². The lowest BCUT2D eigenvalue weighted by Crippen LogP contribution is -2.30. The minimum atomic E-state index is -1.13. The molecular formula is C30H25ClN4O4S. The Morgan fingerprint density at radius 1 is 1.15 bits per heavy atom. The lowest BCUT2D eigenvalue weighted by Gasteiger charge is -2.26. The Kier molecular flexibility index (Phi) is 7.23. The molecule has 2 aromatic heterocycles. The number of carboxylic acid groups (broad SMARTS) is 1. The van der Waals surface area contributed by atoms with Gasteiger partial charge in [-0.2, -0.15) is 11.3 Å². The first-order valence-electron chi connectivity index (χ1n) is 12.9. The minimum Gasteiger partial charge on any atom is -0.478 e. The number of aryl methyl sites for hydroxylation is 1. The Morgan fingerprint density at radius 2 is 2.02 bits per heavy atom. The highest BCUT2D eigenvalue weighted by atomic mass is 35.5. The van der Waals surface area contributed by atoms with Crippen LogP contribution in [0.5, 0.6) is 5.75 Å². The number of nitrogens with zero attached hydrogens (tertiary/aromatic N) is 3. The number of nitrogens with one attached hydrogen (secondary N) is 1. The number of aliphatic carboxylic acids is 1. The SMILES string of the molecule is O=C(NC1CCCc2ccccc21)c1ccc2c(c1)nnn2Cc1cc(OC(C(=O)O)c2ccsc2)ccc1Cl. The summed E-state index contributed by atoms with van der Waals surface area (Å²) in [5, 5.41) is 25.4. The molecule has 6 rings (SSSR count). The number of benzene rings is 3. The number of amides is 1. The molecule has 0 fully saturated rings. The summed E-state index contributed by atoms with van der Waals surface area (Å²) < 4.78 is 7.50. The maximum atomic E-state index is 13.1. The van der Waals surface area contributed by atoms with Crippen molar-refractivity contribution in [2.75, 3.05) is 0 Å². The molecule has 0 radical (unpaired) electrons. The molecule has 2 heterocycles. The molecule has 10 heteroatoms. The smallest absolute Gasteiger partial charge is 0.349 e. The molecule has 2 atom stereocenters. The van der Waals surface area contributed by atoms with Crippen molar-refractivity contribution in [3.8, 4) is 5.75 Å². The zero-order valence-corrected chi connectivity index (χ0v) is 22.9. The van der Waals surface area contributed by atoms with Crippen LogP contribution < -0.4 is 10.1 Å². The summed E-state index contributed by atoms with van der Waals surface area (Å²) in [6, 6.07) is 20.3. The van der Waals surface area contributed by atoms with Crippen molar-refractivity contribution in [1.29, 1.82) is 0 Å². The number of fused-ring (bicyclic) bond motifs is 2. The van der Waals surface area contributed by atoms with Gasteiger partial charge in [0.25, 0.3) is 5.91 Å². The lowest BCUT2D eigenvalue weighted by atomic mass is 9.87. The summed E-state index contributed by atoms with van der Waals surface area (Å²) in [4.78, 5) is 24.9. The molecule has 0 bridgehead atoms. The van der Waals surface area contributed by atoms with Crippen LogP contribution in [-0.2, 0) is 17.8 Å². The first kappa shape index (κ1) is 26.0. The molecule has 0 aliphatic heterocycles. The molecule has 2 unspecified atom stereocenters. The molecule has 5 aromatic rings. The molecule has 3 aromatic carbocycles. The fourth-order valence-electron chi connectivity index (χ4n) is 5.10. The number of rotatable bonds is 8. The molecule has 1 aliphatic carbocycles. The predicted molar refractivity (Wildman–Crippen MR) is 153 cm³/mol. The van der Waals surface area contributed by atoms with Crippen LogP contribution in [0.15, 0.2) is 77.5 Å². The molecule has 0 saturated carbocycles. The predicted octanol–water partition coefficient (Wildman–Crippen LogP) is 6.21. The van der Waals surface area contributed by atoms with Crippen molar-refractivity contribution in [3.05, 3.63) is 110 Å². The van der Waals surface area contributed by atoms with Gasteiger partial charge < -0.3 is 15.2 Å². The van der Waals surface area contributed by atoms with Crippen LogP contribution in [0.4, 0.5) is 0 Å². The second-order valence-electron chi connectivity index (χ2n) is 9.71. The van der Waals surface area contributed by atoms with E-state index in [4.69, 9.17) is 16.3 Å². The van der Waals surface area contributed by atoms with E-state index >= 15 is 0 Å². The molecule has 0 saturated heterocycles. The lowest BCUT2D eigenvalue weighted by molar-refractivity contribution is -0.145. The Labute approximate surface area is 239 Å². The summed E-state index contributed by atoms with van der Waals surface area (Å²) in [5.74, 6) is -0.847. The van der Waals surface area contributed by atoms with Crippen molar-refractivity contribution in [2.24, 2.45) is 0 Å². The Bertz CT molecular complexity index is 1700. The number of carbonyl (C=O) groups is 2. The Balaban J connectivity index is 1.19. The van der Waals surface area contributed by atoms with E-state index in [9.17, 15) is 14.7 Å². The first-order chi connectivity index (χ1) is 19.5. The van der Waals surface area contributed by atoms with Gasteiger partial charge in [-0.1, -0.05) is 41.1 Å². The quantitative estimate of drug-likeness (QED) is 0.229. The van der Waals surface area contributed by atoms with E-state index in [0.29, 0.717) is 33.0 Å². The minimum absolute atomic E-state index is 0.0130. The summed E-state index contributed by atoms with van der Waals surface area (Å²) in [6.45, 7) is 0.285. The number of halogens is 1. The van der Waals surface area contributed by atoms with Gasteiger partial charge in [-0.15, -0.1) is 5.10 Å². The fourth-order valence-corrected chi connectivity index (χ4v) is 5.95. The van der Waals surface area contributed by atoms with Crippen molar-refractivity contribution in [2.45, 2.75) is 38.0 Å². The number of carboxylic acids is 1. The van der Waals surface area contributed by atoms with Crippen LogP contribution in [0.25, 0.3) is 11.0 Å². The number of aromatic nitrogens is 3. The normalized spacial score (nSPS) is 15.4. The van der Waals surface area contributed by atoms with Crippen molar-refractivity contribution in [1.82, 2.24) is 20.3 Å². The summed E-state index contributed by atoms with van der Waals surface area (Å²) in [7, 11) is 0. The standard InChI is InChI=1S/C30H25ClN4O4S/c31-24-10-9-22(39-28(30(37)38)20-12-13-40-17-20)14-21(24)16-35-27-11-8-19(15-26(27)33-34-35)29(36)32-25-7-3-5-18-4-1-2-6-23(18)25/h1-2,4,6,8-15,17,25,28H,3,5,7,16H2,(H,32,36)(H,37,38). The second kappa shape index (κ2) is 11.1. The first-order valence-corrected chi connectivity index (χ1v) is 14.2. The number of hydrogen-bond donors (Lipinski definition) is 2. The van der Waals surface area contributed by atoms with Crippen molar-refractivity contribution >= 4 is 45.8 Å². The zero-order chi connectivity index (χ0) is 27.6. The Morgan fingerprint density at radius 3 is 2.85 bits per heavy atom. The highest BCUT2D eigenvalue weighted by Crippen LogP contribution is 2.31. The number of ether oxygens (including phenoxy) is 1. The molecule has 1 aliphatic rings. The van der Waals surface area contributed by atoms with Gasteiger partial charge in [0.05, 0.1) is 18.1 Å². The van der Waals surface area contributed by atoms with Crippen LogP contribution in [0.1, 0.15) is 57.6 Å². The molecule has 202 valence electrons. The van der Waals surface area contributed by atoms with Gasteiger partial charge >= 0.3 is 5.97 Å². The average molecular weight is 573 g/mol. The van der Waals surface area contributed by atoms with Crippen LogP contribution in [0.2, 0.25) is 5.02 Å². The zero-order valence-electron chi connectivity index (χ0n) is 21.3. The van der Waals surface area contributed by atoms with Gasteiger partial charge in [0, 0.05) is 16.1 Å². The van der Waals surface area contributed by atoms with Crippen LogP contribution in [0.3, 0.4) is 0 Å². The van der Waals surface area contributed by atoms with E-state index in [0.717, 1.165) is 24.8 Å². The molecule has 2 N–H and O–H groups in total. The van der Waals surface area contributed by atoms with E-state index < -0.39 is 12.1 Å². The third-order valence-corrected chi connectivity index (χ3v) is 8.18. The number of carbonyl (C=O) groups excluding carboxylic acids is 1. The molecular weight excluding hydrogens is 548 g/mol. The van der Waals surface area contributed by atoms with Gasteiger partial charge in [0.15, 0.2) is 0 Å². The van der Waals surface area contributed by atoms with E-state index in [1.165, 1.54) is 22.5 Å². The van der Waals surface area contributed by atoms with E-state index in [1.807, 2.05) is 23.6 Å². The highest BCUT2D eigenvalue weighted by molar-refractivity contribution is 7.08. The largest absolute Gasteiger partial charge is 0.478 e. The second-order valence-corrected chi connectivity index (χ2v) is 10.9. The van der Waals surface area contributed by atoms with Crippen LogP contribution >= 0.6 is 22.9 Å². The Hall–Kier alpha value is -4.21. The average Bonchev–Trinajstić information content (AvgIpc) is 3.64. The van der Waals surface area contributed by atoms with Gasteiger partial charge in [-0.3, -0.25) is 4.79 Å². The number of thiophene rings is 1. The fraction of sp³-hybridized carbons (Fsp3) is 0.200. The van der Waals surface area contributed by atoms with Gasteiger partial charge in [-0.05, 0) is 89.2 Å². The maximum Gasteiger partial charge on any atom is 0.349 e. The molecule has 40 heavy (non-hydrogen) atoms. The van der Waals surface area contributed by atoms with Crippen molar-refractivity contribution < 1.29 is 19.4 Å². The van der Waals surface area contributed by atoms with Gasteiger partial charge in [0.1, 0.15) is 11.3 Å². The highest BCUT2D eigenvalue weighted by Gasteiger charge is 2.24. The molecule has 1 amide bonds. The van der Waals surface area contributed by atoms with Gasteiger partial charge in [0.2, 0.25) is 6.10 Å².